The molecule has 1 amide bonds. The van der Waals surface area contributed by atoms with E-state index in [0.29, 0.717) is 4.47 Å². The zero-order valence-electron chi connectivity index (χ0n) is 10.6. The number of hydrogen-bond donors (Lipinski definition) is 0. The first-order chi connectivity index (χ1) is 9.93. The normalized spacial score (nSPS) is 17.7. The first kappa shape index (κ1) is 15.6. The Kier molecular flexibility index (Phi) is 4.66. The quantitative estimate of drug-likeness (QED) is 0.263. The third-order valence-electron chi connectivity index (χ3n) is 3.11. The summed E-state index contributed by atoms with van der Waals surface area (Å²) < 4.78 is 0.386. The average molecular weight is 375 g/mol. The van der Waals surface area contributed by atoms with E-state index >= 15 is 0 Å². The Morgan fingerprint density at radius 3 is 2.95 bits per heavy atom. The topological polar surface area (TPSA) is 112 Å². The number of nitro groups is 1. The van der Waals surface area contributed by atoms with Gasteiger partial charge in [-0.25, -0.2) is 0 Å². The molecule has 0 spiro atoms. The minimum absolute atomic E-state index is 0.154. The molecule has 1 aliphatic heterocycles. The van der Waals surface area contributed by atoms with Crippen molar-refractivity contribution in [2.45, 2.75) is 6.42 Å². The highest BCUT2D eigenvalue weighted by atomic mass is 79.9. The number of carbonyl (C=O) groups excluding carboxylic acids is 1. The number of azide groups is 1. The first-order valence-electron chi connectivity index (χ1n) is 5.88. The van der Waals surface area contributed by atoms with E-state index in [9.17, 15) is 14.9 Å². The smallest absolute Gasteiger partial charge is 0.294 e. The maximum Gasteiger partial charge on any atom is 0.294 e. The molecule has 8 nitrogen and oxygen atoms in total. The molecule has 1 aliphatic rings. The Morgan fingerprint density at radius 2 is 2.33 bits per heavy atom. The van der Waals surface area contributed by atoms with E-state index in [-0.39, 0.29) is 47.7 Å². The zero-order valence-corrected chi connectivity index (χ0v) is 12.9. The molecule has 2 rings (SSSR count). The van der Waals surface area contributed by atoms with Crippen LogP contribution < -0.4 is 4.90 Å². The summed E-state index contributed by atoms with van der Waals surface area (Å²) in [5, 5.41) is 14.9. The van der Waals surface area contributed by atoms with Crippen LogP contribution in [0.2, 0.25) is 5.02 Å². The van der Waals surface area contributed by atoms with E-state index < -0.39 is 4.92 Å². The van der Waals surface area contributed by atoms with Crippen molar-refractivity contribution in [3.05, 3.63) is 42.2 Å². The molecular weight excluding hydrogens is 366 g/mol. The van der Waals surface area contributed by atoms with Gasteiger partial charge in [0.25, 0.3) is 5.69 Å². The molecule has 0 aromatic heterocycles. The number of nitrogens with zero attached hydrogens (tertiary/aromatic N) is 5. The number of hydrogen-bond acceptors (Lipinski definition) is 4. The van der Waals surface area contributed by atoms with E-state index in [4.69, 9.17) is 17.1 Å². The van der Waals surface area contributed by atoms with Gasteiger partial charge in [-0.3, -0.25) is 14.9 Å². The van der Waals surface area contributed by atoms with E-state index in [1.165, 1.54) is 17.0 Å². The molecule has 1 aromatic carbocycles. The second-order valence-corrected chi connectivity index (χ2v) is 5.76. The maximum atomic E-state index is 12.0. The Labute approximate surface area is 132 Å². The molecule has 110 valence electrons. The van der Waals surface area contributed by atoms with Crippen LogP contribution in [-0.4, -0.2) is 23.9 Å². The summed E-state index contributed by atoms with van der Waals surface area (Å²) in [6.07, 6.45) is 0.184. The third-order valence-corrected chi connectivity index (χ3v) is 4.31. The summed E-state index contributed by atoms with van der Waals surface area (Å²) in [4.78, 5) is 26.6. The predicted octanol–water partition coefficient (Wildman–Crippen LogP) is 3.67. The summed E-state index contributed by atoms with van der Waals surface area (Å²) in [6, 6.07) is 2.66. The van der Waals surface area contributed by atoms with Crippen molar-refractivity contribution >= 4 is 44.8 Å². The summed E-state index contributed by atoms with van der Waals surface area (Å²) >= 11 is 9.09. The van der Waals surface area contributed by atoms with Gasteiger partial charge in [0.15, 0.2) is 0 Å². The van der Waals surface area contributed by atoms with Gasteiger partial charge in [0.2, 0.25) is 5.91 Å². The third kappa shape index (κ3) is 3.26. The lowest BCUT2D eigenvalue weighted by Gasteiger charge is -2.17. The summed E-state index contributed by atoms with van der Waals surface area (Å²) in [5.74, 6) is -0.412. The molecule has 1 saturated heterocycles. The van der Waals surface area contributed by atoms with Crippen LogP contribution in [0.15, 0.2) is 21.7 Å². The molecule has 1 aromatic rings. The first-order valence-corrected chi connectivity index (χ1v) is 7.05. The number of halogens is 2. The molecule has 0 N–H and O–H groups in total. The van der Waals surface area contributed by atoms with Crippen molar-refractivity contribution in [1.82, 2.24) is 0 Å². The minimum atomic E-state index is -0.565. The van der Waals surface area contributed by atoms with E-state index in [2.05, 4.69) is 26.0 Å². The second kappa shape index (κ2) is 6.30. The van der Waals surface area contributed by atoms with Crippen LogP contribution in [0.3, 0.4) is 0 Å². The molecule has 1 fully saturated rings. The average Bonchev–Trinajstić information content (AvgIpc) is 2.80. The van der Waals surface area contributed by atoms with Crippen molar-refractivity contribution in [3.63, 3.8) is 0 Å². The van der Waals surface area contributed by atoms with Crippen LogP contribution in [0.1, 0.15) is 6.42 Å². The molecule has 0 saturated carbocycles. The van der Waals surface area contributed by atoms with E-state index in [0.717, 1.165) is 0 Å². The lowest BCUT2D eigenvalue weighted by molar-refractivity contribution is -0.384. The molecule has 21 heavy (non-hydrogen) atoms. The van der Waals surface area contributed by atoms with Gasteiger partial charge in [-0.1, -0.05) is 16.7 Å². The van der Waals surface area contributed by atoms with Crippen molar-refractivity contribution < 1.29 is 9.72 Å². The van der Waals surface area contributed by atoms with Gasteiger partial charge in [0.1, 0.15) is 5.69 Å². The van der Waals surface area contributed by atoms with E-state index in [1.807, 2.05) is 0 Å². The van der Waals surface area contributed by atoms with Gasteiger partial charge in [-0.15, -0.1) is 0 Å². The van der Waals surface area contributed by atoms with Crippen LogP contribution in [-0.2, 0) is 4.79 Å². The zero-order chi connectivity index (χ0) is 15.6. The number of benzene rings is 1. The highest BCUT2D eigenvalue weighted by Crippen LogP contribution is 2.38. The molecule has 0 aliphatic carbocycles. The predicted molar refractivity (Wildman–Crippen MR) is 80.3 cm³/mol. The molecule has 1 atom stereocenters. The number of amides is 1. The molecule has 0 bridgehead atoms. The summed E-state index contributed by atoms with van der Waals surface area (Å²) in [7, 11) is 0. The Balaban J connectivity index is 2.37. The summed E-state index contributed by atoms with van der Waals surface area (Å²) in [6.45, 7) is 0.438. The van der Waals surface area contributed by atoms with Gasteiger partial charge in [0, 0.05) is 35.0 Å². The van der Waals surface area contributed by atoms with E-state index in [1.54, 1.807) is 0 Å². The number of nitro benzene ring substituents is 1. The minimum Gasteiger partial charge on any atom is -0.306 e. The van der Waals surface area contributed by atoms with Crippen LogP contribution >= 0.6 is 27.5 Å². The molecule has 1 unspecified atom stereocenters. The van der Waals surface area contributed by atoms with Gasteiger partial charge < -0.3 is 4.90 Å². The molecule has 10 heteroatoms. The Bertz CT molecular complexity index is 662. The molecule has 1 heterocycles. The maximum absolute atomic E-state index is 12.0. The van der Waals surface area contributed by atoms with Crippen molar-refractivity contribution in [3.8, 4) is 0 Å². The van der Waals surface area contributed by atoms with Gasteiger partial charge in [-0.05, 0) is 33.4 Å². The highest BCUT2D eigenvalue weighted by Gasteiger charge is 2.34. The van der Waals surface area contributed by atoms with Crippen molar-refractivity contribution in [2.75, 3.05) is 18.0 Å². The molecular formula is C11H9BrClN5O3. The Hall–Kier alpha value is -1.83. The lowest BCUT2D eigenvalue weighted by Crippen LogP contribution is -2.25. The van der Waals surface area contributed by atoms with Gasteiger partial charge in [0.05, 0.1) is 9.95 Å². The fourth-order valence-corrected chi connectivity index (χ4v) is 2.67. The number of carbonyl (C=O) groups is 1. The standard InChI is InChI=1S/C11H9BrClN5O3/c12-7-2-10(18(20)21)9(3-8(7)13)17-5-6(1-11(17)19)4-15-16-14/h2-3,6H,1,4-5H2. The van der Waals surface area contributed by atoms with Crippen LogP contribution in [0, 0.1) is 16.0 Å². The second-order valence-electron chi connectivity index (χ2n) is 4.50. The van der Waals surface area contributed by atoms with Crippen LogP contribution in [0.25, 0.3) is 10.4 Å². The van der Waals surface area contributed by atoms with Crippen molar-refractivity contribution in [2.24, 2.45) is 11.0 Å². The monoisotopic (exact) mass is 373 g/mol. The molecule has 0 radical (unpaired) electrons. The SMILES string of the molecule is [N-]=[N+]=NCC1CC(=O)N(c2cc(Cl)c(Br)cc2[N+](=O)[O-])C1. The largest absolute Gasteiger partial charge is 0.306 e. The number of anilines is 1. The highest BCUT2D eigenvalue weighted by molar-refractivity contribution is 9.10. The fraction of sp³-hybridized carbons (Fsp3) is 0.364. The Morgan fingerprint density at radius 1 is 1.62 bits per heavy atom. The van der Waals surface area contributed by atoms with Crippen LogP contribution in [0.5, 0.6) is 0 Å². The van der Waals surface area contributed by atoms with Gasteiger partial charge >= 0.3 is 0 Å². The fourth-order valence-electron chi connectivity index (χ4n) is 2.18. The van der Waals surface area contributed by atoms with Gasteiger partial charge in [-0.2, -0.15) is 0 Å². The number of rotatable bonds is 4. The van der Waals surface area contributed by atoms with Crippen molar-refractivity contribution in [1.29, 1.82) is 0 Å². The van der Waals surface area contributed by atoms with Crippen LogP contribution in [0.4, 0.5) is 11.4 Å². The lowest BCUT2D eigenvalue weighted by atomic mass is 10.1. The summed E-state index contributed by atoms with van der Waals surface area (Å²) in [5.41, 5.74) is 8.26.